The van der Waals surface area contributed by atoms with Gasteiger partial charge in [0, 0.05) is 22.8 Å². The van der Waals surface area contributed by atoms with Crippen LogP contribution in [-0.2, 0) is 9.59 Å². The van der Waals surface area contributed by atoms with Crippen molar-refractivity contribution in [2.75, 3.05) is 0 Å². The van der Waals surface area contributed by atoms with Gasteiger partial charge in [-0.05, 0) is 105 Å². The normalized spacial score (nSPS) is 54.1. The van der Waals surface area contributed by atoms with Crippen LogP contribution in [0.1, 0.15) is 98.8 Å². The number of Topliss-reactive ketones (excluding diaryl/α,β-unsaturated/α-hetero) is 1. The Morgan fingerprint density at radius 3 is 2.34 bits per heavy atom. The molecule has 1 unspecified atom stereocenters. The Bertz CT molecular complexity index is 861. The SMILES string of the molecule is C=C(C)C1CC[C@]2(C=O)CC[C@]3(N)[C@H](CC[C@@H]4[C@@]5(C)CCC(=O)C(C)(C)[C@@H]5CC[C@]43C)[C@@H]12. The molecule has 0 aromatic heterocycles. The summed E-state index contributed by atoms with van der Waals surface area (Å²) in [4.78, 5) is 25.4. The van der Waals surface area contributed by atoms with Crippen molar-refractivity contribution in [3.63, 3.8) is 0 Å². The van der Waals surface area contributed by atoms with Gasteiger partial charge < -0.3 is 10.5 Å². The van der Waals surface area contributed by atoms with Gasteiger partial charge in [-0.2, -0.15) is 0 Å². The van der Waals surface area contributed by atoms with Crippen LogP contribution < -0.4 is 5.73 Å². The second-order valence-electron chi connectivity index (χ2n) is 13.8. The molecule has 3 heteroatoms. The highest BCUT2D eigenvalue weighted by atomic mass is 16.1. The molecular weight excluding hydrogens is 394 g/mol. The fraction of sp³-hybridized carbons (Fsp3) is 0.862. The fourth-order valence-electron chi connectivity index (χ4n) is 10.9. The topological polar surface area (TPSA) is 60.2 Å². The number of hydrogen-bond donors (Lipinski definition) is 1. The number of carbonyl (C=O) groups excluding carboxylic acids is 2. The van der Waals surface area contributed by atoms with E-state index in [1.165, 1.54) is 18.3 Å². The molecule has 5 saturated carbocycles. The molecule has 0 bridgehead atoms. The average Bonchev–Trinajstić information content (AvgIpc) is 3.12. The Kier molecular flexibility index (Phi) is 4.85. The molecule has 5 aliphatic carbocycles. The molecule has 0 saturated heterocycles. The quantitative estimate of drug-likeness (QED) is 0.417. The summed E-state index contributed by atoms with van der Waals surface area (Å²) in [6, 6.07) is 0. The van der Waals surface area contributed by atoms with Crippen LogP contribution >= 0.6 is 0 Å². The largest absolute Gasteiger partial charge is 0.324 e. The Labute approximate surface area is 195 Å². The molecular formula is C29H45NO2. The zero-order valence-corrected chi connectivity index (χ0v) is 21.1. The number of ketones is 1. The molecule has 5 rings (SSSR count). The summed E-state index contributed by atoms with van der Waals surface area (Å²) in [7, 11) is 0. The standard InChI is InChI=1S/C29H45NO2/c1-18(2)19-9-14-28(17-31)15-16-29(30)20(24(19)28)7-8-22-26(5)12-11-23(32)25(3,4)21(26)10-13-27(22,29)6/h17,19-22,24H,1,7-16,30H2,2-6H3/t19?,20-,21+,22-,24-,26+,27-,28-,29+/m1/s1. The first-order valence-electron chi connectivity index (χ1n) is 13.3. The molecule has 0 aliphatic heterocycles. The van der Waals surface area contributed by atoms with E-state index in [9.17, 15) is 9.59 Å². The van der Waals surface area contributed by atoms with E-state index < -0.39 is 0 Å². The highest BCUT2D eigenvalue weighted by Crippen LogP contribution is 2.73. The lowest BCUT2D eigenvalue weighted by Crippen LogP contribution is -2.73. The summed E-state index contributed by atoms with van der Waals surface area (Å²) < 4.78 is 0. The van der Waals surface area contributed by atoms with Crippen molar-refractivity contribution in [3.05, 3.63) is 12.2 Å². The number of allylic oxidation sites excluding steroid dienone is 1. The van der Waals surface area contributed by atoms with Gasteiger partial charge in [-0.1, -0.05) is 39.8 Å². The Hall–Kier alpha value is -0.960. The van der Waals surface area contributed by atoms with Crippen molar-refractivity contribution in [3.8, 4) is 0 Å². The summed E-state index contributed by atoms with van der Waals surface area (Å²) in [5.41, 5.74) is 8.54. The Morgan fingerprint density at radius 2 is 1.69 bits per heavy atom. The fourth-order valence-corrected chi connectivity index (χ4v) is 10.9. The number of rotatable bonds is 2. The number of carbonyl (C=O) groups is 2. The van der Waals surface area contributed by atoms with Gasteiger partial charge in [-0.15, -0.1) is 0 Å². The van der Waals surface area contributed by atoms with Crippen LogP contribution in [-0.4, -0.2) is 17.6 Å². The van der Waals surface area contributed by atoms with Gasteiger partial charge >= 0.3 is 0 Å². The van der Waals surface area contributed by atoms with E-state index in [2.05, 4.69) is 41.2 Å². The molecule has 0 radical (unpaired) electrons. The highest BCUT2D eigenvalue weighted by molar-refractivity contribution is 5.85. The molecule has 0 heterocycles. The third kappa shape index (κ3) is 2.53. The predicted molar refractivity (Wildman–Crippen MR) is 129 cm³/mol. The van der Waals surface area contributed by atoms with E-state index in [-0.39, 0.29) is 27.2 Å². The van der Waals surface area contributed by atoms with E-state index in [1.807, 2.05) is 0 Å². The lowest BCUT2D eigenvalue weighted by atomic mass is 9.34. The first kappa shape index (κ1) is 22.8. The molecule has 0 amide bonds. The summed E-state index contributed by atoms with van der Waals surface area (Å²) in [5, 5.41) is 0. The summed E-state index contributed by atoms with van der Waals surface area (Å²) in [6.07, 6.45) is 11.7. The van der Waals surface area contributed by atoms with Gasteiger partial charge in [0.1, 0.15) is 12.1 Å². The van der Waals surface area contributed by atoms with Gasteiger partial charge in [0.2, 0.25) is 0 Å². The van der Waals surface area contributed by atoms with Crippen LogP contribution in [0.2, 0.25) is 0 Å². The molecule has 0 spiro atoms. The van der Waals surface area contributed by atoms with Gasteiger partial charge in [0.15, 0.2) is 0 Å². The first-order valence-corrected chi connectivity index (χ1v) is 13.3. The number of aldehydes is 1. The molecule has 0 aromatic rings. The third-order valence-electron chi connectivity index (χ3n) is 12.6. The highest BCUT2D eigenvalue weighted by Gasteiger charge is 2.71. The summed E-state index contributed by atoms with van der Waals surface area (Å²) in [6.45, 7) is 15.9. The van der Waals surface area contributed by atoms with Crippen molar-refractivity contribution < 1.29 is 9.59 Å². The molecule has 0 aromatic carbocycles. The maximum atomic E-state index is 12.9. The minimum Gasteiger partial charge on any atom is -0.324 e. The van der Waals surface area contributed by atoms with Gasteiger partial charge in [0.25, 0.3) is 0 Å². The number of nitrogens with two attached hydrogens (primary N) is 1. The maximum absolute atomic E-state index is 12.9. The van der Waals surface area contributed by atoms with Crippen LogP contribution in [0.5, 0.6) is 0 Å². The molecule has 2 N–H and O–H groups in total. The van der Waals surface area contributed by atoms with E-state index in [0.29, 0.717) is 35.4 Å². The lowest BCUT2D eigenvalue weighted by Gasteiger charge is -2.71. The van der Waals surface area contributed by atoms with Crippen molar-refractivity contribution in [1.29, 1.82) is 0 Å². The minimum atomic E-state index is -0.220. The smallest absolute Gasteiger partial charge is 0.138 e. The lowest BCUT2D eigenvalue weighted by molar-refractivity contribution is -0.204. The zero-order chi connectivity index (χ0) is 23.3. The van der Waals surface area contributed by atoms with Crippen molar-refractivity contribution in [2.45, 2.75) is 104 Å². The second kappa shape index (κ2) is 6.80. The first-order chi connectivity index (χ1) is 14.9. The monoisotopic (exact) mass is 439 g/mol. The van der Waals surface area contributed by atoms with Crippen LogP contribution in [0.15, 0.2) is 12.2 Å². The third-order valence-corrected chi connectivity index (χ3v) is 12.6. The Morgan fingerprint density at radius 1 is 0.969 bits per heavy atom. The average molecular weight is 440 g/mol. The molecule has 5 fully saturated rings. The van der Waals surface area contributed by atoms with Crippen LogP contribution in [0, 0.1) is 51.2 Å². The minimum absolute atomic E-state index is 0.0783. The van der Waals surface area contributed by atoms with E-state index in [1.54, 1.807) is 0 Å². The zero-order valence-electron chi connectivity index (χ0n) is 21.1. The predicted octanol–water partition coefficient (Wildman–Crippen LogP) is 6.10. The molecule has 3 nitrogen and oxygen atoms in total. The molecule has 5 aliphatic rings. The van der Waals surface area contributed by atoms with E-state index >= 15 is 0 Å². The van der Waals surface area contributed by atoms with E-state index in [0.717, 1.165) is 57.8 Å². The van der Waals surface area contributed by atoms with Crippen LogP contribution in [0.3, 0.4) is 0 Å². The molecule has 178 valence electrons. The van der Waals surface area contributed by atoms with Crippen LogP contribution in [0.25, 0.3) is 0 Å². The summed E-state index contributed by atoms with van der Waals surface area (Å²) in [5.74, 6) is 2.70. The van der Waals surface area contributed by atoms with Crippen LogP contribution in [0.4, 0.5) is 0 Å². The van der Waals surface area contributed by atoms with Gasteiger partial charge in [0.05, 0.1) is 0 Å². The van der Waals surface area contributed by atoms with Gasteiger partial charge in [-0.25, -0.2) is 0 Å². The molecule has 32 heavy (non-hydrogen) atoms. The number of fused-ring (bicyclic) bond motifs is 7. The van der Waals surface area contributed by atoms with E-state index in [4.69, 9.17) is 5.73 Å². The van der Waals surface area contributed by atoms with Gasteiger partial charge in [-0.3, -0.25) is 4.79 Å². The maximum Gasteiger partial charge on any atom is 0.138 e. The van der Waals surface area contributed by atoms with Crippen molar-refractivity contribution in [1.82, 2.24) is 0 Å². The summed E-state index contributed by atoms with van der Waals surface area (Å²) >= 11 is 0. The second-order valence-corrected chi connectivity index (χ2v) is 13.8. The number of hydrogen-bond acceptors (Lipinski definition) is 3. The Balaban J connectivity index is 1.56. The van der Waals surface area contributed by atoms with Crippen molar-refractivity contribution >= 4 is 12.1 Å². The molecule has 9 atom stereocenters. The van der Waals surface area contributed by atoms with Crippen molar-refractivity contribution in [2.24, 2.45) is 57.0 Å².